The Morgan fingerprint density at radius 3 is 2.58 bits per heavy atom. The first kappa shape index (κ1) is 16.4. The van der Waals surface area contributed by atoms with Crippen molar-refractivity contribution >= 4 is 0 Å². The van der Waals surface area contributed by atoms with Gasteiger partial charge in [-0.25, -0.2) is 0 Å². The summed E-state index contributed by atoms with van der Waals surface area (Å²) in [6.07, 6.45) is 5.33. The SMILES string of the molecule is CCC(C#N)(CCCOCCOC(C)C)NC1CC1. The molecule has 110 valence electrons. The van der Waals surface area contributed by atoms with Crippen molar-refractivity contribution in [1.29, 1.82) is 5.26 Å². The molecule has 1 unspecified atom stereocenters. The molecule has 1 aliphatic carbocycles. The van der Waals surface area contributed by atoms with E-state index < -0.39 is 0 Å². The minimum absolute atomic E-state index is 0.262. The van der Waals surface area contributed by atoms with Gasteiger partial charge < -0.3 is 9.47 Å². The van der Waals surface area contributed by atoms with Crippen molar-refractivity contribution in [3.05, 3.63) is 0 Å². The van der Waals surface area contributed by atoms with Crippen molar-refractivity contribution in [2.45, 2.75) is 70.6 Å². The second-order valence-electron chi connectivity index (χ2n) is 5.60. The molecule has 1 fully saturated rings. The molecule has 0 amide bonds. The summed E-state index contributed by atoms with van der Waals surface area (Å²) in [5.41, 5.74) is -0.348. The molecule has 1 saturated carbocycles. The predicted molar refractivity (Wildman–Crippen MR) is 75.9 cm³/mol. The Kier molecular flexibility index (Phi) is 7.37. The predicted octanol–water partition coefficient (Wildman–Crippen LogP) is 2.63. The Balaban J connectivity index is 2.09. The molecular formula is C15H28N2O2. The molecule has 1 N–H and O–H groups in total. The van der Waals surface area contributed by atoms with Crippen LogP contribution in [-0.4, -0.2) is 37.5 Å². The number of nitrogens with zero attached hydrogens (tertiary/aromatic N) is 1. The number of rotatable bonds is 11. The van der Waals surface area contributed by atoms with Crippen LogP contribution in [0, 0.1) is 11.3 Å². The van der Waals surface area contributed by atoms with Crippen molar-refractivity contribution < 1.29 is 9.47 Å². The van der Waals surface area contributed by atoms with Gasteiger partial charge in [0.2, 0.25) is 0 Å². The van der Waals surface area contributed by atoms with E-state index >= 15 is 0 Å². The van der Waals surface area contributed by atoms with Crippen LogP contribution >= 0.6 is 0 Å². The number of hydrogen-bond donors (Lipinski definition) is 1. The van der Waals surface area contributed by atoms with Crippen molar-refractivity contribution in [3.8, 4) is 6.07 Å². The molecule has 0 bridgehead atoms. The van der Waals surface area contributed by atoms with Crippen molar-refractivity contribution in [2.24, 2.45) is 0 Å². The molecule has 1 rings (SSSR count). The third kappa shape index (κ3) is 6.91. The second-order valence-corrected chi connectivity index (χ2v) is 5.60. The molecule has 1 aliphatic rings. The summed E-state index contributed by atoms with van der Waals surface area (Å²) in [7, 11) is 0. The van der Waals surface area contributed by atoms with Gasteiger partial charge in [0, 0.05) is 12.6 Å². The van der Waals surface area contributed by atoms with Crippen LogP contribution in [0.4, 0.5) is 0 Å². The summed E-state index contributed by atoms with van der Waals surface area (Å²) in [5, 5.41) is 12.9. The van der Waals surface area contributed by atoms with Crippen molar-refractivity contribution in [2.75, 3.05) is 19.8 Å². The summed E-state index contributed by atoms with van der Waals surface area (Å²) in [4.78, 5) is 0. The zero-order valence-electron chi connectivity index (χ0n) is 12.6. The van der Waals surface area contributed by atoms with Gasteiger partial charge in [-0.3, -0.25) is 5.32 Å². The molecule has 4 heteroatoms. The average molecular weight is 268 g/mol. The van der Waals surface area contributed by atoms with Crippen LogP contribution in [0.15, 0.2) is 0 Å². The third-order valence-electron chi connectivity index (χ3n) is 3.45. The lowest BCUT2D eigenvalue weighted by molar-refractivity contribution is 0.0178. The summed E-state index contributed by atoms with van der Waals surface area (Å²) in [6, 6.07) is 3.03. The molecule has 0 saturated heterocycles. The van der Waals surface area contributed by atoms with Gasteiger partial charge in [-0.05, 0) is 46.0 Å². The Hall–Kier alpha value is -0.630. The summed E-state index contributed by atoms with van der Waals surface area (Å²) < 4.78 is 10.9. The molecule has 0 aromatic carbocycles. The van der Waals surface area contributed by atoms with Gasteiger partial charge in [0.05, 0.1) is 25.4 Å². The largest absolute Gasteiger partial charge is 0.379 e. The molecule has 0 aromatic rings. The molecule has 0 spiro atoms. The lowest BCUT2D eigenvalue weighted by Gasteiger charge is -2.26. The third-order valence-corrected chi connectivity index (χ3v) is 3.45. The van der Waals surface area contributed by atoms with Crippen LogP contribution in [0.1, 0.15) is 52.9 Å². The highest BCUT2D eigenvalue weighted by Gasteiger charge is 2.34. The van der Waals surface area contributed by atoms with Crippen molar-refractivity contribution in [1.82, 2.24) is 5.32 Å². The highest BCUT2D eigenvalue weighted by atomic mass is 16.5. The molecule has 4 nitrogen and oxygen atoms in total. The molecule has 19 heavy (non-hydrogen) atoms. The van der Waals surface area contributed by atoms with E-state index in [1.165, 1.54) is 12.8 Å². The van der Waals surface area contributed by atoms with Crippen LogP contribution in [0.25, 0.3) is 0 Å². The van der Waals surface area contributed by atoms with Gasteiger partial charge in [-0.1, -0.05) is 6.92 Å². The van der Waals surface area contributed by atoms with Gasteiger partial charge in [0.15, 0.2) is 0 Å². The zero-order valence-corrected chi connectivity index (χ0v) is 12.6. The molecular weight excluding hydrogens is 240 g/mol. The van der Waals surface area contributed by atoms with E-state index in [0.717, 1.165) is 19.3 Å². The van der Waals surface area contributed by atoms with Crippen LogP contribution < -0.4 is 5.32 Å². The zero-order chi connectivity index (χ0) is 14.1. The van der Waals surface area contributed by atoms with Gasteiger partial charge in [0.1, 0.15) is 5.54 Å². The van der Waals surface area contributed by atoms with Gasteiger partial charge >= 0.3 is 0 Å². The first-order valence-corrected chi connectivity index (χ1v) is 7.50. The Bertz CT molecular complexity index is 284. The molecule has 0 aliphatic heterocycles. The summed E-state index contributed by atoms with van der Waals surface area (Å²) in [5.74, 6) is 0. The monoisotopic (exact) mass is 268 g/mol. The molecule has 1 atom stereocenters. The maximum Gasteiger partial charge on any atom is 0.106 e. The van der Waals surface area contributed by atoms with E-state index in [4.69, 9.17) is 9.47 Å². The molecule has 0 aromatic heterocycles. The summed E-state index contributed by atoms with van der Waals surface area (Å²) >= 11 is 0. The molecule has 0 heterocycles. The fraction of sp³-hybridized carbons (Fsp3) is 0.933. The van der Waals surface area contributed by atoms with Crippen LogP contribution in [0.5, 0.6) is 0 Å². The first-order valence-electron chi connectivity index (χ1n) is 7.50. The van der Waals surface area contributed by atoms with E-state index in [2.05, 4.69) is 18.3 Å². The number of ether oxygens (including phenoxy) is 2. The van der Waals surface area contributed by atoms with E-state index in [-0.39, 0.29) is 11.6 Å². The highest BCUT2D eigenvalue weighted by Crippen LogP contribution is 2.26. The Morgan fingerprint density at radius 1 is 1.32 bits per heavy atom. The minimum atomic E-state index is -0.348. The summed E-state index contributed by atoms with van der Waals surface area (Å²) in [6.45, 7) is 8.11. The van der Waals surface area contributed by atoms with Gasteiger partial charge in [-0.15, -0.1) is 0 Å². The average Bonchev–Trinajstić information content (AvgIpc) is 3.19. The number of hydrogen-bond acceptors (Lipinski definition) is 4. The fourth-order valence-corrected chi connectivity index (χ4v) is 2.06. The van der Waals surface area contributed by atoms with E-state index in [9.17, 15) is 5.26 Å². The van der Waals surface area contributed by atoms with Crippen LogP contribution in [0.2, 0.25) is 0 Å². The number of nitriles is 1. The topological polar surface area (TPSA) is 54.3 Å². The maximum atomic E-state index is 9.38. The standard InChI is InChI=1S/C15H28N2O2/c1-4-15(12-16,17-14-6-7-14)8-5-9-18-10-11-19-13(2)3/h13-14,17H,4-11H2,1-3H3. The van der Waals surface area contributed by atoms with E-state index in [1.807, 2.05) is 13.8 Å². The van der Waals surface area contributed by atoms with Crippen molar-refractivity contribution in [3.63, 3.8) is 0 Å². The first-order chi connectivity index (χ1) is 9.12. The van der Waals surface area contributed by atoms with Crippen LogP contribution in [-0.2, 0) is 9.47 Å². The number of nitrogens with one attached hydrogen (secondary N) is 1. The van der Waals surface area contributed by atoms with E-state index in [0.29, 0.717) is 25.9 Å². The van der Waals surface area contributed by atoms with E-state index in [1.54, 1.807) is 0 Å². The van der Waals surface area contributed by atoms with Gasteiger partial charge in [0.25, 0.3) is 0 Å². The second kappa shape index (κ2) is 8.52. The Labute approximate surface area is 117 Å². The molecule has 0 radical (unpaired) electrons. The Morgan fingerprint density at radius 2 is 2.05 bits per heavy atom. The van der Waals surface area contributed by atoms with Gasteiger partial charge in [-0.2, -0.15) is 5.26 Å². The quantitative estimate of drug-likeness (QED) is 0.585. The lowest BCUT2D eigenvalue weighted by Crippen LogP contribution is -2.44. The maximum absolute atomic E-state index is 9.38. The highest BCUT2D eigenvalue weighted by molar-refractivity contribution is 5.09. The smallest absolute Gasteiger partial charge is 0.106 e. The lowest BCUT2D eigenvalue weighted by atomic mass is 9.92. The normalized spacial score (nSPS) is 18.3. The van der Waals surface area contributed by atoms with Crippen LogP contribution in [0.3, 0.4) is 0 Å². The fourth-order valence-electron chi connectivity index (χ4n) is 2.06. The minimum Gasteiger partial charge on any atom is -0.379 e.